The van der Waals surface area contributed by atoms with Gasteiger partial charge in [0.15, 0.2) is 0 Å². The molecule has 4 nitrogen and oxygen atoms in total. The van der Waals surface area contributed by atoms with Crippen LogP contribution in [0.3, 0.4) is 0 Å². The minimum Gasteiger partial charge on any atom is -0.399 e. The summed E-state index contributed by atoms with van der Waals surface area (Å²) in [6.45, 7) is 0.809. The van der Waals surface area contributed by atoms with Gasteiger partial charge in [0.25, 0.3) is 0 Å². The van der Waals surface area contributed by atoms with E-state index in [1.807, 2.05) is 18.2 Å². The van der Waals surface area contributed by atoms with E-state index in [0.717, 1.165) is 23.6 Å². The maximum absolute atomic E-state index is 5.83. The Morgan fingerprint density at radius 2 is 2.10 bits per heavy atom. The standard InChI is InChI=1S/C16H22N4/c1-19(16-8-4-5-13(17)11-16)12-14-9-10-20(18-14)15-6-2-3-7-15/h4-5,8-11,15H,2-3,6-7,12,17H2,1H3. The summed E-state index contributed by atoms with van der Waals surface area (Å²) in [7, 11) is 2.07. The van der Waals surface area contributed by atoms with Gasteiger partial charge in [-0.15, -0.1) is 0 Å². The molecule has 0 saturated heterocycles. The molecule has 0 bridgehead atoms. The zero-order valence-electron chi connectivity index (χ0n) is 12.0. The van der Waals surface area contributed by atoms with Gasteiger partial charge in [-0.3, -0.25) is 4.68 Å². The molecule has 20 heavy (non-hydrogen) atoms. The molecule has 4 heteroatoms. The lowest BCUT2D eigenvalue weighted by Crippen LogP contribution is -2.17. The molecule has 0 spiro atoms. The lowest BCUT2D eigenvalue weighted by molar-refractivity contribution is 0.463. The first-order chi connectivity index (χ1) is 9.72. The molecule has 2 aromatic rings. The summed E-state index contributed by atoms with van der Waals surface area (Å²) >= 11 is 0. The highest BCUT2D eigenvalue weighted by Crippen LogP contribution is 2.28. The number of rotatable bonds is 4. The number of nitrogens with two attached hydrogens (primary N) is 1. The molecule has 3 rings (SSSR count). The third-order valence-electron chi connectivity index (χ3n) is 4.07. The molecule has 0 atom stereocenters. The predicted molar refractivity (Wildman–Crippen MR) is 82.7 cm³/mol. The third-order valence-corrected chi connectivity index (χ3v) is 4.07. The van der Waals surface area contributed by atoms with Gasteiger partial charge in [0.05, 0.1) is 18.3 Å². The highest BCUT2D eigenvalue weighted by Gasteiger charge is 2.17. The Kier molecular flexibility index (Phi) is 3.63. The van der Waals surface area contributed by atoms with Crippen molar-refractivity contribution < 1.29 is 0 Å². The minimum absolute atomic E-state index is 0.612. The van der Waals surface area contributed by atoms with Crippen LogP contribution in [0.15, 0.2) is 36.5 Å². The topological polar surface area (TPSA) is 47.1 Å². The Hall–Kier alpha value is -1.97. The number of anilines is 2. The maximum atomic E-state index is 5.83. The highest BCUT2D eigenvalue weighted by atomic mass is 15.3. The van der Waals surface area contributed by atoms with E-state index in [9.17, 15) is 0 Å². The van der Waals surface area contributed by atoms with Gasteiger partial charge >= 0.3 is 0 Å². The second-order valence-electron chi connectivity index (χ2n) is 5.68. The number of hydrogen-bond acceptors (Lipinski definition) is 3. The molecule has 2 N–H and O–H groups in total. The normalized spacial score (nSPS) is 15.7. The van der Waals surface area contributed by atoms with Crippen LogP contribution in [0.1, 0.15) is 37.4 Å². The third kappa shape index (κ3) is 2.79. The number of hydrogen-bond donors (Lipinski definition) is 1. The molecular formula is C16H22N4. The average Bonchev–Trinajstić information content (AvgIpc) is 3.08. The van der Waals surface area contributed by atoms with Crippen molar-refractivity contribution in [2.24, 2.45) is 0 Å². The van der Waals surface area contributed by atoms with Gasteiger partial charge in [0.1, 0.15) is 0 Å². The van der Waals surface area contributed by atoms with E-state index in [-0.39, 0.29) is 0 Å². The molecular weight excluding hydrogens is 248 g/mol. The fourth-order valence-corrected chi connectivity index (χ4v) is 2.93. The number of aromatic nitrogens is 2. The zero-order valence-corrected chi connectivity index (χ0v) is 12.0. The van der Waals surface area contributed by atoms with Crippen LogP contribution in [-0.4, -0.2) is 16.8 Å². The van der Waals surface area contributed by atoms with Gasteiger partial charge in [0.2, 0.25) is 0 Å². The molecule has 1 saturated carbocycles. The molecule has 106 valence electrons. The van der Waals surface area contributed by atoms with E-state index in [1.165, 1.54) is 25.7 Å². The van der Waals surface area contributed by atoms with Crippen LogP contribution in [0.2, 0.25) is 0 Å². The van der Waals surface area contributed by atoms with Crippen molar-refractivity contribution in [1.82, 2.24) is 9.78 Å². The van der Waals surface area contributed by atoms with Gasteiger partial charge in [-0.05, 0) is 37.1 Å². The molecule has 0 unspecified atom stereocenters. The van der Waals surface area contributed by atoms with E-state index >= 15 is 0 Å². The average molecular weight is 270 g/mol. The first-order valence-corrected chi connectivity index (χ1v) is 7.33. The predicted octanol–water partition coefficient (Wildman–Crippen LogP) is 3.22. The number of benzene rings is 1. The van der Waals surface area contributed by atoms with Crippen molar-refractivity contribution in [2.45, 2.75) is 38.3 Å². The minimum atomic E-state index is 0.612. The van der Waals surface area contributed by atoms with Crippen molar-refractivity contribution in [3.63, 3.8) is 0 Å². The Labute approximate surface area is 120 Å². The Bertz CT molecular complexity index is 569. The van der Waals surface area contributed by atoms with Gasteiger partial charge in [-0.1, -0.05) is 18.9 Å². The lowest BCUT2D eigenvalue weighted by atomic mass is 10.2. The Balaban J connectivity index is 1.68. The zero-order chi connectivity index (χ0) is 13.9. The van der Waals surface area contributed by atoms with Crippen molar-refractivity contribution >= 4 is 11.4 Å². The fourth-order valence-electron chi connectivity index (χ4n) is 2.93. The highest BCUT2D eigenvalue weighted by molar-refractivity contribution is 5.55. The summed E-state index contributed by atoms with van der Waals surface area (Å²) in [5, 5.41) is 4.72. The summed E-state index contributed by atoms with van der Waals surface area (Å²) in [6.07, 6.45) is 7.34. The largest absolute Gasteiger partial charge is 0.399 e. The van der Waals surface area contributed by atoms with E-state index in [0.29, 0.717) is 6.04 Å². The van der Waals surface area contributed by atoms with Crippen molar-refractivity contribution in [1.29, 1.82) is 0 Å². The summed E-state index contributed by atoms with van der Waals surface area (Å²) in [6, 6.07) is 10.7. The van der Waals surface area contributed by atoms with E-state index < -0.39 is 0 Å². The SMILES string of the molecule is CN(Cc1ccn(C2CCCC2)n1)c1cccc(N)c1. The molecule has 0 radical (unpaired) electrons. The molecule has 1 aromatic carbocycles. The van der Waals surface area contributed by atoms with Crippen LogP contribution < -0.4 is 10.6 Å². The molecule has 1 fully saturated rings. The number of nitrogens with zero attached hydrogens (tertiary/aromatic N) is 3. The summed E-state index contributed by atoms with van der Waals surface area (Å²) < 4.78 is 2.15. The van der Waals surface area contributed by atoms with Crippen molar-refractivity contribution in [3.8, 4) is 0 Å². The molecule has 1 aromatic heterocycles. The Morgan fingerprint density at radius 3 is 2.85 bits per heavy atom. The van der Waals surface area contributed by atoms with Crippen LogP contribution in [0, 0.1) is 0 Å². The molecule has 1 heterocycles. The maximum Gasteiger partial charge on any atom is 0.0817 e. The van der Waals surface area contributed by atoms with Crippen molar-refractivity contribution in [2.75, 3.05) is 17.7 Å². The van der Waals surface area contributed by atoms with Crippen LogP contribution in [0.25, 0.3) is 0 Å². The lowest BCUT2D eigenvalue weighted by Gasteiger charge is -2.18. The first-order valence-electron chi connectivity index (χ1n) is 7.33. The molecule has 0 aliphatic heterocycles. The van der Waals surface area contributed by atoms with E-state index in [4.69, 9.17) is 10.8 Å². The van der Waals surface area contributed by atoms with Gasteiger partial charge in [0, 0.05) is 24.6 Å². The second-order valence-corrected chi connectivity index (χ2v) is 5.68. The van der Waals surface area contributed by atoms with Crippen LogP contribution in [-0.2, 0) is 6.54 Å². The first kappa shape index (κ1) is 13.0. The van der Waals surface area contributed by atoms with E-state index in [2.05, 4.69) is 35.0 Å². The fraction of sp³-hybridized carbons (Fsp3) is 0.438. The van der Waals surface area contributed by atoms with E-state index in [1.54, 1.807) is 0 Å². The van der Waals surface area contributed by atoms with Crippen LogP contribution in [0.5, 0.6) is 0 Å². The summed E-state index contributed by atoms with van der Waals surface area (Å²) in [5.41, 5.74) is 8.87. The van der Waals surface area contributed by atoms with Crippen LogP contribution in [0.4, 0.5) is 11.4 Å². The number of nitrogen functional groups attached to an aromatic ring is 1. The monoisotopic (exact) mass is 270 g/mol. The molecule has 0 amide bonds. The van der Waals surface area contributed by atoms with Crippen LogP contribution >= 0.6 is 0 Å². The quantitative estimate of drug-likeness (QED) is 0.868. The second kappa shape index (κ2) is 5.57. The molecule has 1 aliphatic carbocycles. The van der Waals surface area contributed by atoms with Gasteiger partial charge < -0.3 is 10.6 Å². The molecule has 1 aliphatic rings. The van der Waals surface area contributed by atoms with Gasteiger partial charge in [-0.2, -0.15) is 5.10 Å². The van der Waals surface area contributed by atoms with Gasteiger partial charge in [-0.25, -0.2) is 0 Å². The Morgan fingerprint density at radius 1 is 1.30 bits per heavy atom. The summed E-state index contributed by atoms with van der Waals surface area (Å²) in [4.78, 5) is 2.18. The summed E-state index contributed by atoms with van der Waals surface area (Å²) in [5.74, 6) is 0. The smallest absolute Gasteiger partial charge is 0.0817 e. The van der Waals surface area contributed by atoms with Crippen molar-refractivity contribution in [3.05, 3.63) is 42.2 Å².